The van der Waals surface area contributed by atoms with Gasteiger partial charge in [-0.3, -0.25) is 0 Å². The number of rotatable bonds is 18. The molecule has 0 saturated carbocycles. The summed E-state index contributed by atoms with van der Waals surface area (Å²) in [7, 11) is 0. The predicted octanol–water partition coefficient (Wildman–Crippen LogP) is 10.1. The molecule has 0 bridgehead atoms. The second-order valence-corrected chi connectivity index (χ2v) is 12.1. The van der Waals surface area contributed by atoms with E-state index in [1.807, 2.05) is 36.4 Å². The molecule has 3 rings (SSSR count). The lowest BCUT2D eigenvalue weighted by molar-refractivity contribution is 0.316. The number of aryl methyl sites for hydroxylation is 1. The van der Waals surface area contributed by atoms with Crippen LogP contribution in [-0.4, -0.2) is 19.1 Å². The highest BCUT2D eigenvalue weighted by atomic mass is 16.5. The Labute approximate surface area is 222 Å². The molecule has 2 aromatic carbocycles. The molecule has 2 heteroatoms. The fourth-order valence-corrected chi connectivity index (χ4v) is 5.64. The number of unbranched alkanes of at least 4 members (excludes halogenated alkanes) is 11. The van der Waals surface area contributed by atoms with Crippen molar-refractivity contribution in [3.8, 4) is 11.5 Å². The third kappa shape index (κ3) is 11.5. The Kier molecular flexibility index (Phi) is 12.9. The van der Waals surface area contributed by atoms with Crippen LogP contribution in [0.25, 0.3) is 0 Å². The largest absolute Gasteiger partial charge is 0.457 e. The van der Waals surface area contributed by atoms with Gasteiger partial charge in [0.2, 0.25) is 0 Å². The van der Waals surface area contributed by atoms with Gasteiger partial charge in [0.05, 0.1) is 0 Å². The monoisotopic (exact) mass is 491 g/mol. The zero-order chi connectivity index (χ0) is 25.5. The van der Waals surface area contributed by atoms with Crippen LogP contribution in [0.15, 0.2) is 54.6 Å². The normalized spacial score (nSPS) is 16.3. The van der Waals surface area contributed by atoms with Crippen molar-refractivity contribution in [1.82, 2.24) is 4.90 Å². The Balaban J connectivity index is 1.09. The minimum absolute atomic E-state index is 0.541. The van der Waals surface area contributed by atoms with Crippen LogP contribution in [-0.2, 0) is 6.42 Å². The first kappa shape index (κ1) is 28.8. The highest BCUT2D eigenvalue weighted by molar-refractivity contribution is 5.33. The second kappa shape index (κ2) is 16.1. The second-order valence-electron chi connectivity index (χ2n) is 12.1. The minimum atomic E-state index is 0.541. The van der Waals surface area contributed by atoms with Gasteiger partial charge >= 0.3 is 0 Å². The molecule has 1 heterocycles. The first-order valence-electron chi connectivity index (χ1n) is 15.1. The zero-order valence-electron chi connectivity index (χ0n) is 23.6. The van der Waals surface area contributed by atoms with Crippen molar-refractivity contribution in [2.24, 2.45) is 5.41 Å². The Morgan fingerprint density at radius 2 is 1.31 bits per heavy atom. The molecular formula is C34H53NO+. The molecule has 2 nitrogen and oxygen atoms in total. The molecule has 0 aromatic heterocycles. The summed E-state index contributed by atoms with van der Waals surface area (Å²) < 4.78 is 5.97. The third-order valence-electron chi connectivity index (χ3n) is 8.04. The van der Waals surface area contributed by atoms with E-state index in [0.29, 0.717) is 5.41 Å². The van der Waals surface area contributed by atoms with Gasteiger partial charge in [-0.2, -0.15) is 4.90 Å². The van der Waals surface area contributed by atoms with Gasteiger partial charge in [-0.15, -0.1) is 0 Å². The quantitative estimate of drug-likeness (QED) is 0.149. The minimum Gasteiger partial charge on any atom is -0.457 e. The number of likely N-dealkylation sites (tertiary alicyclic amines) is 1. The van der Waals surface area contributed by atoms with Crippen molar-refractivity contribution >= 4 is 0 Å². The van der Waals surface area contributed by atoms with Crippen LogP contribution < -0.4 is 9.64 Å². The predicted molar refractivity (Wildman–Crippen MR) is 156 cm³/mol. The number of hydrogen-bond donors (Lipinski definition) is 0. The van der Waals surface area contributed by atoms with Crippen molar-refractivity contribution in [2.75, 3.05) is 13.1 Å². The van der Waals surface area contributed by atoms with Crippen LogP contribution in [0.4, 0.5) is 0 Å². The van der Waals surface area contributed by atoms with E-state index in [0.717, 1.165) is 24.0 Å². The van der Waals surface area contributed by atoms with Gasteiger partial charge in [-0.1, -0.05) is 108 Å². The van der Waals surface area contributed by atoms with Crippen molar-refractivity contribution in [1.29, 1.82) is 0 Å². The van der Waals surface area contributed by atoms with E-state index in [9.17, 15) is 0 Å². The van der Waals surface area contributed by atoms with Crippen LogP contribution in [0.2, 0.25) is 0 Å². The molecular weight excluding hydrogens is 438 g/mol. The van der Waals surface area contributed by atoms with Crippen LogP contribution in [0.1, 0.15) is 116 Å². The first-order chi connectivity index (χ1) is 17.5. The van der Waals surface area contributed by atoms with Crippen molar-refractivity contribution in [3.63, 3.8) is 0 Å². The van der Waals surface area contributed by atoms with Gasteiger partial charge in [-0.25, -0.2) is 0 Å². The lowest BCUT2D eigenvalue weighted by Crippen LogP contribution is -2.37. The molecule has 1 unspecified atom stereocenters. The van der Waals surface area contributed by atoms with E-state index < -0.39 is 0 Å². The van der Waals surface area contributed by atoms with E-state index in [1.165, 1.54) is 109 Å². The molecule has 1 aliphatic rings. The number of hydrogen-bond acceptors (Lipinski definition) is 2. The molecule has 1 atom stereocenters. The molecule has 0 amide bonds. The molecule has 1 saturated heterocycles. The summed E-state index contributed by atoms with van der Waals surface area (Å²) in [5.41, 5.74) is 1.93. The average Bonchev–Trinajstić information content (AvgIpc) is 3.24. The van der Waals surface area contributed by atoms with E-state index in [1.54, 1.807) is 0 Å². The van der Waals surface area contributed by atoms with Crippen LogP contribution in [0.3, 0.4) is 0 Å². The SMILES string of the molecule is CC(CCCCCCCCCCCCCCc1cccc(Oc2ccccc2)c1)[N+]1CCC(C)(C)C1. The van der Waals surface area contributed by atoms with Gasteiger partial charge in [0.1, 0.15) is 30.6 Å². The highest BCUT2D eigenvalue weighted by Crippen LogP contribution is 2.29. The Morgan fingerprint density at radius 3 is 1.92 bits per heavy atom. The fraction of sp³-hybridized carbons (Fsp3) is 0.647. The number of ether oxygens (including phenoxy) is 1. The molecule has 0 spiro atoms. The zero-order valence-corrected chi connectivity index (χ0v) is 23.6. The van der Waals surface area contributed by atoms with E-state index in [2.05, 4.69) is 43.9 Å². The molecule has 0 aliphatic carbocycles. The molecule has 0 N–H and O–H groups in total. The molecule has 2 aromatic rings. The van der Waals surface area contributed by atoms with Crippen molar-refractivity contribution in [3.05, 3.63) is 60.2 Å². The summed E-state index contributed by atoms with van der Waals surface area (Å²) in [6.45, 7) is 9.90. The maximum atomic E-state index is 5.97. The summed E-state index contributed by atoms with van der Waals surface area (Å²) in [5, 5.41) is 0. The standard InChI is InChI=1S/C34H53NO/c1-30(35-27-26-34(2,3)29-35)20-15-12-10-8-6-4-5-7-9-11-13-16-21-31-22-19-25-33(28-31)36-32-23-17-14-18-24-32/h14,17-19,22-25,28,30H,4-13,15-16,20-21,26-27,29H2,1-3H3/q+1. The third-order valence-corrected chi connectivity index (χ3v) is 8.04. The smallest absolute Gasteiger partial charge is 0.130 e. The summed E-state index contributed by atoms with van der Waals surface area (Å²) in [5.74, 6) is 1.85. The summed E-state index contributed by atoms with van der Waals surface area (Å²) in [4.78, 5) is 2.72. The lowest BCUT2D eigenvalue weighted by Gasteiger charge is -2.17. The van der Waals surface area contributed by atoms with E-state index in [4.69, 9.17) is 4.74 Å². The van der Waals surface area contributed by atoms with E-state index >= 15 is 0 Å². The Hall–Kier alpha value is -1.80. The molecule has 36 heavy (non-hydrogen) atoms. The van der Waals surface area contributed by atoms with Gasteiger partial charge in [0.15, 0.2) is 0 Å². The van der Waals surface area contributed by atoms with Crippen LogP contribution >= 0.6 is 0 Å². The van der Waals surface area contributed by atoms with Gasteiger partial charge in [-0.05, 0) is 56.0 Å². The topological polar surface area (TPSA) is 15.1 Å². The number of nitrogens with zero attached hydrogens (tertiary/aromatic N) is 1. The molecule has 1 fully saturated rings. The fourth-order valence-electron chi connectivity index (χ4n) is 5.64. The number of para-hydroxylation sites is 1. The van der Waals surface area contributed by atoms with Crippen molar-refractivity contribution in [2.45, 2.75) is 123 Å². The molecule has 199 valence electrons. The summed E-state index contributed by atoms with van der Waals surface area (Å²) in [6.07, 6.45) is 20.8. The van der Waals surface area contributed by atoms with Gasteiger partial charge in [0.25, 0.3) is 0 Å². The Morgan fingerprint density at radius 1 is 0.722 bits per heavy atom. The van der Waals surface area contributed by atoms with Gasteiger partial charge < -0.3 is 4.74 Å². The summed E-state index contributed by atoms with van der Waals surface area (Å²) >= 11 is 0. The Bertz CT molecular complexity index is 830. The highest BCUT2D eigenvalue weighted by Gasteiger charge is 2.39. The van der Waals surface area contributed by atoms with Crippen molar-refractivity contribution < 1.29 is 4.74 Å². The molecule has 1 aliphatic heterocycles. The van der Waals surface area contributed by atoms with E-state index in [-0.39, 0.29) is 0 Å². The molecule has 1 radical (unpaired) electrons. The average molecular weight is 492 g/mol. The maximum Gasteiger partial charge on any atom is 0.130 e. The van der Waals surface area contributed by atoms with Gasteiger partial charge in [0, 0.05) is 18.3 Å². The van der Waals surface area contributed by atoms with Crippen LogP contribution in [0.5, 0.6) is 11.5 Å². The summed E-state index contributed by atoms with van der Waals surface area (Å²) in [6, 6.07) is 19.4. The number of benzene rings is 2. The lowest BCUT2D eigenvalue weighted by atomic mass is 9.93. The van der Waals surface area contributed by atoms with Crippen LogP contribution in [0, 0.1) is 5.41 Å². The maximum absolute atomic E-state index is 5.97. The first-order valence-corrected chi connectivity index (χ1v) is 15.1.